The number of rotatable bonds is 12. The summed E-state index contributed by atoms with van der Waals surface area (Å²) < 4.78 is 22.3. The summed E-state index contributed by atoms with van der Waals surface area (Å²) in [6.45, 7) is 8.45. The van der Waals surface area contributed by atoms with E-state index in [1.54, 1.807) is 7.11 Å². The SMILES string of the molecule is CCc1cc(C)cc(CC)c1NC(=O)CN1C[C@H](c2ccc3c(c2)OCCO3)C(C(=O)O)[C@@H]1c1ccc(OCCOC)cc1. The predicted molar refractivity (Wildman–Crippen MR) is 168 cm³/mol. The molecule has 2 aliphatic rings. The van der Waals surface area contributed by atoms with Crippen molar-refractivity contribution in [2.45, 2.75) is 45.6 Å². The van der Waals surface area contributed by atoms with Gasteiger partial charge in [0.25, 0.3) is 0 Å². The number of carboxylic acid groups (broad SMARTS) is 1. The zero-order valence-corrected chi connectivity index (χ0v) is 25.9. The van der Waals surface area contributed by atoms with Gasteiger partial charge in [-0.25, -0.2) is 0 Å². The van der Waals surface area contributed by atoms with Crippen LogP contribution in [0.1, 0.15) is 53.6 Å². The Balaban J connectivity index is 1.47. The zero-order chi connectivity index (χ0) is 31.2. The average molecular weight is 603 g/mol. The lowest BCUT2D eigenvalue weighted by Gasteiger charge is -2.27. The number of nitrogens with zero attached hydrogens (tertiary/aromatic N) is 1. The van der Waals surface area contributed by atoms with E-state index in [-0.39, 0.29) is 18.4 Å². The summed E-state index contributed by atoms with van der Waals surface area (Å²) in [7, 11) is 1.62. The van der Waals surface area contributed by atoms with Crippen LogP contribution in [0.2, 0.25) is 0 Å². The number of likely N-dealkylation sites (tertiary alicyclic amines) is 1. The molecule has 9 heteroatoms. The van der Waals surface area contributed by atoms with Crippen LogP contribution < -0.4 is 19.5 Å². The van der Waals surface area contributed by atoms with E-state index in [9.17, 15) is 14.7 Å². The number of carboxylic acids is 1. The van der Waals surface area contributed by atoms with Crippen molar-refractivity contribution in [1.29, 1.82) is 0 Å². The molecule has 3 atom stereocenters. The predicted octanol–water partition coefficient (Wildman–Crippen LogP) is 5.40. The number of benzene rings is 3. The molecule has 1 amide bonds. The molecule has 1 fully saturated rings. The molecule has 0 spiro atoms. The van der Waals surface area contributed by atoms with Gasteiger partial charge in [-0.3, -0.25) is 14.5 Å². The van der Waals surface area contributed by atoms with Crippen molar-refractivity contribution in [2.24, 2.45) is 5.92 Å². The van der Waals surface area contributed by atoms with Gasteiger partial charge in [-0.1, -0.05) is 49.7 Å². The van der Waals surface area contributed by atoms with Crippen LogP contribution in [-0.2, 0) is 27.2 Å². The highest BCUT2D eigenvalue weighted by atomic mass is 16.6. The first-order chi connectivity index (χ1) is 21.3. The lowest BCUT2D eigenvalue weighted by molar-refractivity contribution is -0.143. The van der Waals surface area contributed by atoms with E-state index in [2.05, 4.69) is 38.2 Å². The van der Waals surface area contributed by atoms with Crippen molar-refractivity contribution in [3.63, 3.8) is 0 Å². The average Bonchev–Trinajstić information content (AvgIpc) is 3.41. The summed E-state index contributed by atoms with van der Waals surface area (Å²) in [5, 5.41) is 13.8. The maximum Gasteiger partial charge on any atom is 0.309 e. The topological polar surface area (TPSA) is 107 Å². The van der Waals surface area contributed by atoms with Crippen molar-refractivity contribution in [1.82, 2.24) is 4.90 Å². The van der Waals surface area contributed by atoms with Gasteiger partial charge in [-0.2, -0.15) is 0 Å². The van der Waals surface area contributed by atoms with Gasteiger partial charge in [0, 0.05) is 31.3 Å². The summed E-state index contributed by atoms with van der Waals surface area (Å²) in [5.74, 6) is -0.340. The van der Waals surface area contributed by atoms with Crippen molar-refractivity contribution in [3.8, 4) is 17.2 Å². The molecular weight excluding hydrogens is 560 g/mol. The number of carbonyl (C=O) groups is 2. The van der Waals surface area contributed by atoms with Crippen LogP contribution in [0, 0.1) is 12.8 Å². The lowest BCUT2D eigenvalue weighted by atomic mass is 9.82. The third kappa shape index (κ3) is 6.84. The molecule has 44 heavy (non-hydrogen) atoms. The van der Waals surface area contributed by atoms with E-state index < -0.39 is 17.9 Å². The largest absolute Gasteiger partial charge is 0.491 e. The van der Waals surface area contributed by atoms with Crippen molar-refractivity contribution >= 4 is 17.6 Å². The standard InChI is InChI=1S/C35H42N2O7/c1-5-23-17-22(3)18-24(6-2)33(23)36-31(38)21-37-20-28(26-9-12-29-30(19-26)44-16-15-43-29)32(35(39)40)34(37)25-7-10-27(11-8-25)42-14-13-41-4/h7-12,17-19,28,32,34H,5-6,13-16,20-21H2,1-4H3,(H,36,38)(H,39,40)/t28-,32?,34+/m1/s1. The fraction of sp³-hybridized carbons (Fsp3) is 0.429. The van der Waals surface area contributed by atoms with Crippen LogP contribution in [0.25, 0.3) is 0 Å². The molecule has 0 saturated carbocycles. The van der Waals surface area contributed by atoms with E-state index in [1.165, 1.54) is 0 Å². The number of nitrogens with one attached hydrogen (secondary N) is 1. The molecule has 1 unspecified atom stereocenters. The van der Waals surface area contributed by atoms with Crippen LogP contribution in [0.15, 0.2) is 54.6 Å². The minimum absolute atomic E-state index is 0.0434. The first kappa shape index (κ1) is 31.3. The van der Waals surface area contributed by atoms with E-state index in [4.69, 9.17) is 18.9 Å². The molecule has 234 valence electrons. The molecule has 0 aliphatic carbocycles. The number of aliphatic carboxylic acids is 1. The number of anilines is 1. The maximum atomic E-state index is 13.7. The van der Waals surface area contributed by atoms with E-state index >= 15 is 0 Å². The van der Waals surface area contributed by atoms with Gasteiger partial charge in [0.1, 0.15) is 25.6 Å². The number of ether oxygens (including phenoxy) is 4. The minimum Gasteiger partial charge on any atom is -0.491 e. The molecule has 2 heterocycles. The van der Waals surface area contributed by atoms with E-state index in [1.807, 2.05) is 47.4 Å². The highest BCUT2D eigenvalue weighted by Gasteiger charge is 2.48. The summed E-state index contributed by atoms with van der Waals surface area (Å²) >= 11 is 0. The van der Waals surface area contributed by atoms with Gasteiger partial charge in [0.05, 0.1) is 19.1 Å². The monoisotopic (exact) mass is 602 g/mol. The number of carbonyl (C=O) groups excluding carboxylic acids is 1. The first-order valence-electron chi connectivity index (χ1n) is 15.3. The van der Waals surface area contributed by atoms with Crippen LogP contribution in [0.5, 0.6) is 17.2 Å². The smallest absolute Gasteiger partial charge is 0.309 e. The van der Waals surface area contributed by atoms with Crippen LogP contribution >= 0.6 is 0 Å². The second-order valence-electron chi connectivity index (χ2n) is 11.4. The van der Waals surface area contributed by atoms with Crippen LogP contribution in [0.3, 0.4) is 0 Å². The number of aryl methyl sites for hydroxylation is 3. The Labute approximate surface area is 259 Å². The Morgan fingerprint density at radius 3 is 2.23 bits per heavy atom. The molecule has 3 aromatic rings. The fourth-order valence-corrected chi connectivity index (χ4v) is 6.45. The molecular formula is C35H42N2O7. The number of amides is 1. The fourth-order valence-electron chi connectivity index (χ4n) is 6.45. The molecule has 9 nitrogen and oxygen atoms in total. The maximum absolute atomic E-state index is 13.7. The van der Waals surface area contributed by atoms with Crippen LogP contribution in [-0.4, -0.2) is 68.5 Å². The quantitative estimate of drug-likeness (QED) is 0.266. The number of hydrogen-bond acceptors (Lipinski definition) is 7. The van der Waals surface area contributed by atoms with Crippen molar-refractivity contribution in [3.05, 3.63) is 82.4 Å². The number of hydrogen-bond donors (Lipinski definition) is 2. The van der Waals surface area contributed by atoms with Gasteiger partial charge >= 0.3 is 5.97 Å². The normalized spacial score (nSPS) is 19.5. The summed E-state index contributed by atoms with van der Waals surface area (Å²) in [6, 6.07) is 16.8. The number of fused-ring (bicyclic) bond motifs is 1. The molecule has 0 radical (unpaired) electrons. The van der Waals surface area contributed by atoms with Gasteiger partial charge < -0.3 is 29.4 Å². The first-order valence-corrected chi connectivity index (χ1v) is 15.3. The molecule has 2 N–H and O–H groups in total. The molecule has 1 saturated heterocycles. The molecule has 5 rings (SSSR count). The summed E-state index contributed by atoms with van der Waals surface area (Å²) in [6.07, 6.45) is 1.59. The Hall–Kier alpha value is -4.08. The molecule has 0 aromatic heterocycles. The van der Waals surface area contributed by atoms with Gasteiger partial charge in [-0.15, -0.1) is 0 Å². The van der Waals surface area contributed by atoms with Gasteiger partial charge in [0.15, 0.2) is 11.5 Å². The minimum atomic E-state index is -0.918. The second-order valence-corrected chi connectivity index (χ2v) is 11.4. The third-order valence-electron chi connectivity index (χ3n) is 8.47. The Kier molecular flexibility index (Phi) is 10.1. The van der Waals surface area contributed by atoms with E-state index in [0.717, 1.165) is 46.3 Å². The number of methoxy groups -OCH3 is 1. The van der Waals surface area contributed by atoms with Gasteiger partial charge in [-0.05, 0) is 66.3 Å². The van der Waals surface area contributed by atoms with Crippen molar-refractivity contribution < 1.29 is 33.6 Å². The van der Waals surface area contributed by atoms with Gasteiger partial charge in [0.2, 0.25) is 5.91 Å². The van der Waals surface area contributed by atoms with Crippen molar-refractivity contribution in [2.75, 3.05) is 51.9 Å². The second kappa shape index (κ2) is 14.1. The summed E-state index contributed by atoms with van der Waals surface area (Å²) in [4.78, 5) is 28.7. The highest BCUT2D eigenvalue weighted by Crippen LogP contribution is 2.47. The highest BCUT2D eigenvalue weighted by molar-refractivity contribution is 5.94. The summed E-state index contributed by atoms with van der Waals surface area (Å²) in [5.41, 5.74) is 5.86. The molecule has 2 aliphatic heterocycles. The Morgan fingerprint density at radius 2 is 1.59 bits per heavy atom. The Morgan fingerprint density at radius 1 is 0.932 bits per heavy atom. The van der Waals surface area contributed by atoms with Crippen LogP contribution in [0.4, 0.5) is 5.69 Å². The van der Waals surface area contributed by atoms with E-state index in [0.29, 0.717) is 50.2 Å². The third-order valence-corrected chi connectivity index (χ3v) is 8.47. The lowest BCUT2D eigenvalue weighted by Crippen LogP contribution is -2.35. The molecule has 0 bridgehead atoms. The zero-order valence-electron chi connectivity index (χ0n) is 25.9. The molecule has 3 aromatic carbocycles. The Bertz CT molecular complexity index is 1450.